The molecule has 0 heterocycles. The Morgan fingerprint density at radius 3 is 2.78 bits per heavy atom. The maximum Gasteiger partial charge on any atom is 0.164 e. The van der Waals surface area contributed by atoms with Crippen molar-refractivity contribution in [3.05, 3.63) is 53.6 Å². The molecule has 2 aromatic carbocycles. The Bertz CT molecular complexity index is 701. The van der Waals surface area contributed by atoms with Gasteiger partial charge in [0, 0.05) is 6.42 Å². The maximum absolute atomic E-state index is 11.9. The lowest BCUT2D eigenvalue weighted by Gasteiger charge is -2.20. The number of carbonyl (C=O) groups is 1. The first-order valence-electron chi connectivity index (χ1n) is 5.98. The van der Waals surface area contributed by atoms with Gasteiger partial charge in [0.05, 0.1) is 5.92 Å². The zero-order valence-electron chi connectivity index (χ0n) is 9.89. The second-order valence-electron chi connectivity index (χ2n) is 4.49. The van der Waals surface area contributed by atoms with E-state index in [1.165, 1.54) is 10.8 Å². The smallest absolute Gasteiger partial charge is 0.164 e. The summed E-state index contributed by atoms with van der Waals surface area (Å²) in [6, 6.07) is 12.3. The lowest BCUT2D eigenvalue weighted by Crippen LogP contribution is -2.14. The fourth-order valence-electron chi connectivity index (χ4n) is 2.57. The minimum Gasteiger partial charge on any atom is -0.294 e. The van der Waals surface area contributed by atoms with Crippen LogP contribution < -0.4 is 0 Å². The van der Waals surface area contributed by atoms with Crippen LogP contribution in [-0.4, -0.2) is 5.78 Å². The Morgan fingerprint density at radius 1 is 1.11 bits per heavy atom. The quantitative estimate of drug-likeness (QED) is 0.687. The van der Waals surface area contributed by atoms with Crippen molar-refractivity contribution in [3.63, 3.8) is 0 Å². The molecule has 1 nitrogen and oxygen atoms in total. The van der Waals surface area contributed by atoms with Crippen LogP contribution in [0.25, 0.3) is 16.8 Å². The summed E-state index contributed by atoms with van der Waals surface area (Å²) in [4.78, 5) is 11.9. The van der Waals surface area contributed by atoms with Crippen molar-refractivity contribution in [1.29, 1.82) is 0 Å². The second kappa shape index (κ2) is 4.16. The van der Waals surface area contributed by atoms with Crippen molar-refractivity contribution >= 4 is 22.6 Å². The van der Waals surface area contributed by atoms with Crippen LogP contribution >= 0.6 is 0 Å². The highest BCUT2D eigenvalue weighted by Crippen LogP contribution is 2.34. The topological polar surface area (TPSA) is 17.1 Å². The van der Waals surface area contributed by atoms with E-state index < -0.39 is 0 Å². The summed E-state index contributed by atoms with van der Waals surface area (Å²) in [6.07, 6.45) is 9.39. The summed E-state index contributed by atoms with van der Waals surface area (Å²) in [7, 11) is 0. The Labute approximate surface area is 106 Å². The zero-order valence-corrected chi connectivity index (χ0v) is 9.89. The van der Waals surface area contributed by atoms with Crippen LogP contribution in [0.4, 0.5) is 0 Å². The second-order valence-corrected chi connectivity index (χ2v) is 4.49. The molecule has 1 heteroatoms. The van der Waals surface area contributed by atoms with Gasteiger partial charge < -0.3 is 0 Å². The molecule has 1 aliphatic rings. The Hall–Kier alpha value is -2.33. The van der Waals surface area contributed by atoms with Crippen LogP contribution in [0.5, 0.6) is 0 Å². The SMILES string of the molecule is C#CCC1C(=O)C=Cc2c1ccc1ccccc21. The molecule has 0 amide bonds. The molecule has 0 fully saturated rings. The summed E-state index contributed by atoms with van der Waals surface area (Å²) in [5, 5.41) is 2.37. The van der Waals surface area contributed by atoms with Crippen molar-refractivity contribution in [2.45, 2.75) is 12.3 Å². The summed E-state index contributed by atoms with van der Waals surface area (Å²) in [5.74, 6) is 2.53. The third kappa shape index (κ3) is 1.55. The lowest BCUT2D eigenvalue weighted by molar-refractivity contribution is -0.115. The molecule has 0 saturated carbocycles. The molecule has 0 radical (unpaired) electrons. The Morgan fingerprint density at radius 2 is 1.94 bits per heavy atom. The van der Waals surface area contributed by atoms with E-state index in [4.69, 9.17) is 6.42 Å². The van der Waals surface area contributed by atoms with Gasteiger partial charge in [0.2, 0.25) is 0 Å². The average molecular weight is 232 g/mol. The molecule has 0 bridgehead atoms. The summed E-state index contributed by atoms with van der Waals surface area (Å²) >= 11 is 0. The van der Waals surface area contributed by atoms with Gasteiger partial charge in [-0.05, 0) is 28.0 Å². The van der Waals surface area contributed by atoms with Gasteiger partial charge in [-0.15, -0.1) is 12.3 Å². The van der Waals surface area contributed by atoms with Crippen LogP contribution in [0.2, 0.25) is 0 Å². The number of ketones is 1. The standard InChI is InChI=1S/C17H12O/c1-2-5-16-15-9-8-12-6-3-4-7-13(12)14(15)10-11-17(16)18/h1,3-4,6-11,16H,5H2. The van der Waals surface area contributed by atoms with Gasteiger partial charge >= 0.3 is 0 Å². The number of carbonyl (C=O) groups excluding carboxylic acids is 1. The van der Waals surface area contributed by atoms with E-state index >= 15 is 0 Å². The normalized spacial score (nSPS) is 17.5. The molecule has 2 aromatic rings. The van der Waals surface area contributed by atoms with Gasteiger partial charge in [0.1, 0.15) is 0 Å². The monoisotopic (exact) mass is 232 g/mol. The minimum atomic E-state index is -0.181. The van der Waals surface area contributed by atoms with Gasteiger partial charge in [-0.3, -0.25) is 4.79 Å². The van der Waals surface area contributed by atoms with E-state index in [1.54, 1.807) is 6.08 Å². The fraction of sp³-hybridized carbons (Fsp3) is 0.118. The van der Waals surface area contributed by atoms with Gasteiger partial charge in [0.25, 0.3) is 0 Å². The molecule has 1 aliphatic carbocycles. The van der Waals surface area contributed by atoms with E-state index in [2.05, 4.69) is 24.1 Å². The third-order valence-corrected chi connectivity index (χ3v) is 3.46. The first kappa shape index (κ1) is 10.8. The number of hydrogen-bond donors (Lipinski definition) is 0. The fourth-order valence-corrected chi connectivity index (χ4v) is 2.57. The Balaban J connectivity index is 2.28. The maximum atomic E-state index is 11.9. The van der Waals surface area contributed by atoms with E-state index in [0.717, 1.165) is 11.1 Å². The predicted octanol–water partition coefficient (Wildman–Crippen LogP) is 3.54. The average Bonchev–Trinajstić information content (AvgIpc) is 2.41. The lowest BCUT2D eigenvalue weighted by atomic mass is 9.82. The molecular formula is C17H12O. The van der Waals surface area contributed by atoms with E-state index in [1.807, 2.05) is 24.3 Å². The van der Waals surface area contributed by atoms with E-state index in [0.29, 0.717) is 6.42 Å². The van der Waals surface area contributed by atoms with E-state index in [-0.39, 0.29) is 11.7 Å². The van der Waals surface area contributed by atoms with E-state index in [9.17, 15) is 4.79 Å². The van der Waals surface area contributed by atoms with Gasteiger partial charge in [-0.2, -0.15) is 0 Å². The first-order valence-corrected chi connectivity index (χ1v) is 5.98. The molecule has 0 saturated heterocycles. The molecule has 0 aromatic heterocycles. The molecule has 0 aliphatic heterocycles. The van der Waals surface area contributed by atoms with Crippen LogP contribution in [0.15, 0.2) is 42.5 Å². The van der Waals surface area contributed by atoms with Gasteiger partial charge in [-0.1, -0.05) is 42.5 Å². The molecule has 1 unspecified atom stereocenters. The van der Waals surface area contributed by atoms with Crippen molar-refractivity contribution in [1.82, 2.24) is 0 Å². The molecule has 0 N–H and O–H groups in total. The minimum absolute atomic E-state index is 0.107. The number of benzene rings is 2. The highest BCUT2D eigenvalue weighted by Gasteiger charge is 2.24. The summed E-state index contributed by atoms with van der Waals surface area (Å²) in [6.45, 7) is 0. The predicted molar refractivity (Wildman–Crippen MR) is 74.2 cm³/mol. The molecule has 18 heavy (non-hydrogen) atoms. The Kier molecular flexibility index (Phi) is 2.50. The number of terminal acetylenes is 1. The third-order valence-electron chi connectivity index (χ3n) is 3.46. The van der Waals surface area contributed by atoms with Crippen LogP contribution in [0, 0.1) is 12.3 Å². The molecule has 86 valence electrons. The van der Waals surface area contributed by atoms with Gasteiger partial charge in [-0.25, -0.2) is 0 Å². The number of allylic oxidation sites excluding steroid dienone is 1. The van der Waals surface area contributed by atoms with Crippen molar-refractivity contribution < 1.29 is 4.79 Å². The van der Waals surface area contributed by atoms with Crippen LogP contribution in [0.3, 0.4) is 0 Å². The van der Waals surface area contributed by atoms with Crippen LogP contribution in [0.1, 0.15) is 23.5 Å². The number of rotatable bonds is 1. The highest BCUT2D eigenvalue weighted by molar-refractivity contribution is 6.06. The van der Waals surface area contributed by atoms with Crippen molar-refractivity contribution in [3.8, 4) is 12.3 Å². The largest absolute Gasteiger partial charge is 0.294 e. The first-order chi connectivity index (χ1) is 8.81. The van der Waals surface area contributed by atoms with Crippen LogP contribution in [-0.2, 0) is 4.79 Å². The molecule has 3 rings (SSSR count). The highest BCUT2D eigenvalue weighted by atomic mass is 16.1. The zero-order chi connectivity index (χ0) is 12.5. The van der Waals surface area contributed by atoms with Crippen molar-refractivity contribution in [2.24, 2.45) is 0 Å². The summed E-state index contributed by atoms with van der Waals surface area (Å²) < 4.78 is 0. The summed E-state index contributed by atoms with van der Waals surface area (Å²) in [5.41, 5.74) is 2.19. The molecule has 0 spiro atoms. The number of fused-ring (bicyclic) bond motifs is 3. The number of hydrogen-bond acceptors (Lipinski definition) is 1. The van der Waals surface area contributed by atoms with Gasteiger partial charge in [0.15, 0.2) is 5.78 Å². The van der Waals surface area contributed by atoms with Crippen molar-refractivity contribution in [2.75, 3.05) is 0 Å². The molecule has 1 atom stereocenters. The molecular weight excluding hydrogens is 220 g/mol.